The topological polar surface area (TPSA) is 72.0 Å². The van der Waals surface area contributed by atoms with Crippen LogP contribution in [0.4, 0.5) is 0 Å². The van der Waals surface area contributed by atoms with E-state index in [-0.39, 0.29) is 16.2 Å². The lowest BCUT2D eigenvalue weighted by Crippen LogP contribution is -2.43. The van der Waals surface area contributed by atoms with Crippen LogP contribution in [0.25, 0.3) is 0 Å². The SMILES string of the molecule is COCCN(C)C1CCC2(CCN(S(=O)(=O)c3cc(C)cnc3OC)CC2)C1. The molecule has 1 unspecified atom stereocenters. The lowest BCUT2D eigenvalue weighted by Gasteiger charge is -2.39. The van der Waals surface area contributed by atoms with Gasteiger partial charge in [-0.05, 0) is 63.1 Å². The second-order valence-corrected chi connectivity index (χ2v) is 10.2. The molecule has 1 saturated heterocycles. The Labute approximate surface area is 169 Å². The van der Waals surface area contributed by atoms with Crippen molar-refractivity contribution in [2.45, 2.75) is 50.0 Å². The largest absolute Gasteiger partial charge is 0.480 e. The van der Waals surface area contributed by atoms with Gasteiger partial charge in [0.15, 0.2) is 0 Å². The Balaban J connectivity index is 1.66. The summed E-state index contributed by atoms with van der Waals surface area (Å²) in [5.74, 6) is 0.173. The van der Waals surface area contributed by atoms with Crippen LogP contribution in [-0.4, -0.2) is 76.2 Å². The molecule has 1 aliphatic heterocycles. The molecule has 1 aliphatic carbocycles. The summed E-state index contributed by atoms with van der Waals surface area (Å²) in [6.07, 6.45) is 6.98. The monoisotopic (exact) mass is 411 g/mol. The van der Waals surface area contributed by atoms with Crippen LogP contribution in [0.1, 0.15) is 37.7 Å². The molecule has 0 radical (unpaired) electrons. The van der Waals surface area contributed by atoms with Gasteiger partial charge in [-0.1, -0.05) is 0 Å². The molecule has 1 spiro atoms. The van der Waals surface area contributed by atoms with Gasteiger partial charge in [0.25, 0.3) is 0 Å². The molecule has 7 nitrogen and oxygen atoms in total. The van der Waals surface area contributed by atoms with Crippen molar-refractivity contribution in [3.05, 3.63) is 17.8 Å². The number of piperidine rings is 1. The van der Waals surface area contributed by atoms with Crippen molar-refractivity contribution in [3.8, 4) is 5.88 Å². The highest BCUT2D eigenvalue weighted by atomic mass is 32.2. The number of sulfonamides is 1. The maximum absolute atomic E-state index is 13.2. The first-order valence-electron chi connectivity index (χ1n) is 10.0. The number of ether oxygens (including phenoxy) is 2. The van der Waals surface area contributed by atoms with Crippen molar-refractivity contribution in [2.24, 2.45) is 5.41 Å². The van der Waals surface area contributed by atoms with Crippen LogP contribution in [-0.2, 0) is 14.8 Å². The van der Waals surface area contributed by atoms with Gasteiger partial charge in [0, 0.05) is 39.0 Å². The highest BCUT2D eigenvalue weighted by Crippen LogP contribution is 2.48. The number of hydrogen-bond acceptors (Lipinski definition) is 6. The van der Waals surface area contributed by atoms with Gasteiger partial charge in [0.2, 0.25) is 15.9 Å². The molecule has 2 aliphatic rings. The molecule has 8 heteroatoms. The quantitative estimate of drug-likeness (QED) is 0.686. The van der Waals surface area contributed by atoms with Gasteiger partial charge in [-0.3, -0.25) is 0 Å². The van der Waals surface area contributed by atoms with Crippen LogP contribution in [0.3, 0.4) is 0 Å². The molecule has 2 fully saturated rings. The summed E-state index contributed by atoms with van der Waals surface area (Å²) >= 11 is 0. The fraction of sp³-hybridized carbons (Fsp3) is 0.750. The van der Waals surface area contributed by atoms with Crippen molar-refractivity contribution in [3.63, 3.8) is 0 Å². The summed E-state index contributed by atoms with van der Waals surface area (Å²) in [4.78, 5) is 6.71. The molecule has 1 aromatic rings. The first-order chi connectivity index (χ1) is 13.3. The second-order valence-electron chi connectivity index (χ2n) is 8.29. The lowest BCUT2D eigenvalue weighted by molar-refractivity contribution is 0.119. The van der Waals surface area contributed by atoms with E-state index in [1.807, 2.05) is 6.92 Å². The number of nitrogens with zero attached hydrogens (tertiary/aromatic N) is 3. The Hall–Kier alpha value is -1.22. The Morgan fingerprint density at radius 2 is 2.00 bits per heavy atom. The molecule has 1 saturated carbocycles. The summed E-state index contributed by atoms with van der Waals surface area (Å²) in [5.41, 5.74) is 1.08. The minimum Gasteiger partial charge on any atom is -0.480 e. The number of aryl methyl sites for hydroxylation is 1. The third-order valence-electron chi connectivity index (χ3n) is 6.50. The zero-order valence-electron chi connectivity index (χ0n) is 17.5. The summed E-state index contributed by atoms with van der Waals surface area (Å²) in [6.45, 7) is 4.66. The third kappa shape index (κ3) is 4.35. The van der Waals surface area contributed by atoms with E-state index in [1.165, 1.54) is 20.0 Å². The van der Waals surface area contributed by atoms with E-state index in [4.69, 9.17) is 9.47 Å². The predicted molar refractivity (Wildman–Crippen MR) is 108 cm³/mol. The van der Waals surface area contributed by atoms with Crippen molar-refractivity contribution < 1.29 is 17.9 Å². The van der Waals surface area contributed by atoms with Crippen molar-refractivity contribution in [1.82, 2.24) is 14.2 Å². The first kappa shape index (κ1) is 21.5. The Kier molecular flexibility index (Phi) is 6.64. The molecular weight excluding hydrogens is 378 g/mol. The predicted octanol–water partition coefficient (Wildman–Crippen LogP) is 2.30. The van der Waals surface area contributed by atoms with Gasteiger partial charge in [-0.2, -0.15) is 4.31 Å². The van der Waals surface area contributed by atoms with Crippen LogP contribution in [0.5, 0.6) is 5.88 Å². The zero-order chi connectivity index (χ0) is 20.4. The van der Waals surface area contributed by atoms with E-state index in [0.717, 1.165) is 38.0 Å². The fourth-order valence-corrected chi connectivity index (χ4v) is 6.27. The van der Waals surface area contributed by atoms with Gasteiger partial charge in [0.1, 0.15) is 4.90 Å². The van der Waals surface area contributed by atoms with E-state index < -0.39 is 10.0 Å². The normalized spacial score (nSPS) is 22.8. The van der Waals surface area contributed by atoms with Crippen LogP contribution >= 0.6 is 0 Å². The smallest absolute Gasteiger partial charge is 0.248 e. The van der Waals surface area contributed by atoms with E-state index >= 15 is 0 Å². The number of aromatic nitrogens is 1. The fourth-order valence-electron chi connectivity index (χ4n) is 4.63. The average molecular weight is 412 g/mol. The molecule has 0 N–H and O–H groups in total. The van der Waals surface area contributed by atoms with Crippen LogP contribution < -0.4 is 4.74 Å². The minimum absolute atomic E-state index is 0.173. The Morgan fingerprint density at radius 1 is 1.29 bits per heavy atom. The standard InChI is InChI=1S/C20H33N3O4S/c1-16-13-18(19(27-4)21-15-16)28(24,25)23-9-7-20(8-10-23)6-5-17(14-20)22(2)11-12-26-3/h13,15,17H,5-12,14H2,1-4H3. The molecule has 0 bridgehead atoms. The maximum atomic E-state index is 13.2. The molecule has 28 heavy (non-hydrogen) atoms. The molecule has 0 amide bonds. The minimum atomic E-state index is -3.60. The third-order valence-corrected chi connectivity index (χ3v) is 8.39. The number of methoxy groups -OCH3 is 2. The molecule has 3 rings (SSSR count). The highest BCUT2D eigenvalue weighted by molar-refractivity contribution is 7.89. The molecule has 2 heterocycles. The van der Waals surface area contributed by atoms with Crippen molar-refractivity contribution in [2.75, 3.05) is 47.5 Å². The van der Waals surface area contributed by atoms with Gasteiger partial charge in [-0.25, -0.2) is 13.4 Å². The van der Waals surface area contributed by atoms with E-state index in [2.05, 4.69) is 16.9 Å². The number of hydrogen-bond donors (Lipinski definition) is 0. The van der Waals surface area contributed by atoms with Gasteiger partial charge < -0.3 is 14.4 Å². The second kappa shape index (κ2) is 8.65. The number of rotatable bonds is 7. The molecule has 158 valence electrons. The molecule has 1 aromatic heterocycles. The summed E-state index contributed by atoms with van der Waals surface area (Å²) in [5, 5.41) is 0. The van der Waals surface area contributed by atoms with E-state index in [0.29, 0.717) is 19.1 Å². The van der Waals surface area contributed by atoms with Gasteiger partial charge in [0.05, 0.1) is 13.7 Å². The maximum Gasteiger partial charge on any atom is 0.248 e. The Morgan fingerprint density at radius 3 is 2.64 bits per heavy atom. The van der Waals surface area contributed by atoms with Gasteiger partial charge in [-0.15, -0.1) is 0 Å². The number of likely N-dealkylation sites (N-methyl/N-ethyl adjacent to an activating group) is 1. The average Bonchev–Trinajstić information content (AvgIpc) is 3.10. The number of pyridine rings is 1. The van der Waals surface area contributed by atoms with Crippen molar-refractivity contribution in [1.29, 1.82) is 0 Å². The highest BCUT2D eigenvalue weighted by Gasteiger charge is 2.44. The van der Waals surface area contributed by atoms with Crippen LogP contribution in [0, 0.1) is 12.3 Å². The van der Waals surface area contributed by atoms with Crippen molar-refractivity contribution >= 4 is 10.0 Å². The summed E-state index contributed by atoms with van der Waals surface area (Å²) in [6, 6.07) is 2.22. The van der Waals surface area contributed by atoms with Crippen LogP contribution in [0.2, 0.25) is 0 Å². The molecule has 1 atom stereocenters. The molecule has 0 aromatic carbocycles. The summed E-state index contributed by atoms with van der Waals surface area (Å²) < 4.78 is 38.4. The molecular formula is C20H33N3O4S. The van der Waals surface area contributed by atoms with E-state index in [1.54, 1.807) is 23.7 Å². The summed E-state index contributed by atoms with van der Waals surface area (Å²) in [7, 11) is 1.76. The van der Waals surface area contributed by atoms with Gasteiger partial charge >= 0.3 is 0 Å². The van der Waals surface area contributed by atoms with Crippen LogP contribution in [0.15, 0.2) is 17.2 Å². The zero-order valence-corrected chi connectivity index (χ0v) is 18.3. The lowest BCUT2D eigenvalue weighted by atomic mass is 9.77. The van der Waals surface area contributed by atoms with E-state index in [9.17, 15) is 8.42 Å². The first-order valence-corrected chi connectivity index (χ1v) is 11.5. The Bertz CT molecular complexity index is 776.